The second-order valence-electron chi connectivity index (χ2n) is 28.7. The number of amides is 21. The molecule has 14 heterocycles. The van der Waals surface area contributed by atoms with Gasteiger partial charge in [-0.25, -0.2) is 30.7 Å². The van der Waals surface area contributed by atoms with Crippen molar-refractivity contribution in [3.05, 3.63) is 203 Å². The molecule has 728 valence electrons. The molecule has 7 atom stereocenters. The Balaban J connectivity index is 0.000000161. The highest BCUT2D eigenvalue weighted by Gasteiger charge is 2.49. The van der Waals surface area contributed by atoms with Crippen molar-refractivity contribution in [1.29, 1.82) is 0 Å². The van der Waals surface area contributed by atoms with Crippen molar-refractivity contribution in [2.24, 2.45) is 0 Å². The number of fused-ring (bicyclic) bond motifs is 7. The molecule has 42 nitrogen and oxygen atoms in total. The fourth-order valence-electron chi connectivity index (χ4n) is 13.6. The number of imide groups is 7. The van der Waals surface area contributed by atoms with Gasteiger partial charge < -0.3 is 74.4 Å². The topological polar surface area (TPSA) is 648 Å². The first-order valence-corrected chi connectivity index (χ1v) is 38.3. The van der Waals surface area contributed by atoms with Gasteiger partial charge in [0.15, 0.2) is 8.47 Å². The number of rotatable bonds is 9. The summed E-state index contributed by atoms with van der Waals surface area (Å²) in [6.45, 7) is -16.9. The zero-order valence-electron chi connectivity index (χ0n) is 120. The lowest BCUT2D eigenvalue weighted by Crippen LogP contribution is -2.52. The van der Waals surface area contributed by atoms with E-state index in [1.165, 1.54) is 16.0 Å². The van der Waals surface area contributed by atoms with Gasteiger partial charge in [0.2, 0.25) is 82.7 Å². The first-order valence-electron chi connectivity index (χ1n) is 63.5. The molecule has 49 heteroatoms. The number of nitrogens with one attached hydrogen (secondary N) is 7. The van der Waals surface area contributed by atoms with E-state index in [1.54, 1.807) is 5.32 Å². The van der Waals surface area contributed by atoms with Crippen LogP contribution in [-0.4, -0.2) is 200 Å². The summed E-state index contributed by atoms with van der Waals surface area (Å²) >= 11 is 0. The Labute approximate surface area is 857 Å². The van der Waals surface area contributed by atoms with Crippen molar-refractivity contribution < 1.29 is 202 Å². The minimum absolute atomic E-state index is 0.0230. The maximum atomic E-state index is 14.4. The predicted octanol–water partition coefficient (Wildman–Crippen LogP) is 1.18. The number of carbonyl (C=O) groups is 21. The number of nitrogen functional groups attached to an aromatic ring is 7. The molecule has 7 unspecified atom stereocenters. The third kappa shape index (κ3) is 19.6. The zero-order valence-corrected chi connectivity index (χ0v) is 68.7. The van der Waals surface area contributed by atoms with Crippen molar-refractivity contribution in [2.75, 3.05) is 40.1 Å². The number of carbonyl (C=O) groups excluding carboxylic acids is 21. The monoisotopic (exact) mass is 1990 g/mol. The summed E-state index contributed by atoms with van der Waals surface area (Å²) in [5.74, 6) is -40.4. The third-order valence-corrected chi connectivity index (χ3v) is 19.8. The molecule has 14 aliphatic heterocycles. The van der Waals surface area contributed by atoms with E-state index in [9.17, 15) is 131 Å². The molecule has 7 aromatic rings. The molecule has 7 aromatic carbocycles. The SMILES string of the molecule is [2H]C1(N2C(=O)c3cc(F)cc(N)c3C2([2H])[2H])CCC(=O)NC1=O.[2H]C1([2H])c2c(N)cc(F)cc2C(=O)N1C1([2H])C(=O)NC(=O)C([2H])([2H])C1([2H])[2H].[2H]N1C(=O)C([2H])([2H])CC([2H])(N2Cc3c(cc(F)cc3N([2H])[2H])C2=O)C1=O.[2H]c1c(F)c([2H])c(N([2H])[2H])c2c1C(=O)N(C1([2H])C(=O)N([2H])C(=O)C([2H])([2H])C1([2H])[2H])C2([2H])[2H].[2H]c1c(N)c2c(c([2H])c1F)C(=O)N(C1([2H])C(=O)NC(=O)C([2H])([2H])C1([2H])[2H])C2.[2H]c1c(N)c2c(c([2H])c1F)C(=O)N(C1([2H])C(=O)NC(=O)C([2H])([2H])C1([2H])[2H])C2([2H])[2H].[2H]c1c(N)c2c(c([2H])c1F)C(=O)N(C1([2H])C(=O)NC(=O)CC1([2H])[2H])C2([2H])[2H]. The number of benzene rings is 7. The van der Waals surface area contributed by atoms with E-state index in [-0.39, 0.29) is 82.7 Å². The summed E-state index contributed by atoms with van der Waals surface area (Å²) in [5.41, 5.74) is 14.0. The van der Waals surface area contributed by atoms with Gasteiger partial charge in [0.1, 0.15) is 82.8 Å². The fourth-order valence-corrected chi connectivity index (χ4v) is 13.6. The zero-order chi connectivity index (χ0) is 146. The highest BCUT2D eigenvalue weighted by molar-refractivity contribution is 6.13. The quantitative estimate of drug-likeness (QED) is 0.0548. The van der Waals surface area contributed by atoms with Crippen LogP contribution >= 0.6 is 0 Å². The van der Waals surface area contributed by atoms with Crippen LogP contribution in [-0.2, 0) is 113 Å². The van der Waals surface area contributed by atoms with Gasteiger partial charge in [0.05, 0.1) is 34.3 Å². The largest absolute Gasteiger partial charge is 0.398 e. The number of halogens is 7. The van der Waals surface area contributed by atoms with Gasteiger partial charge in [-0.3, -0.25) is 138 Å². The van der Waals surface area contributed by atoms with Crippen molar-refractivity contribution >= 4 is 164 Å². The number of piperidine rings is 7. The molecule has 0 spiro atoms. The minimum atomic E-state index is -3.97. The lowest BCUT2D eigenvalue weighted by Gasteiger charge is -2.29. The van der Waals surface area contributed by atoms with Crippen molar-refractivity contribution in [3.8, 4) is 0 Å². The van der Waals surface area contributed by atoms with Crippen LogP contribution in [0.1, 0.15) is 263 Å². The molecule has 140 heavy (non-hydrogen) atoms. The van der Waals surface area contributed by atoms with Crippen molar-refractivity contribution in [3.63, 3.8) is 0 Å². The van der Waals surface area contributed by atoms with Crippen LogP contribution in [0.2, 0.25) is 8.47 Å². The molecule has 0 aromatic heterocycles. The summed E-state index contributed by atoms with van der Waals surface area (Å²) in [7, 11) is 0. The number of hydrogen-bond acceptors (Lipinski definition) is 28. The Bertz CT molecular complexity index is 9440. The number of nitrogens with two attached hydrogens (primary N) is 7. The van der Waals surface area contributed by atoms with Gasteiger partial charge in [-0.05, 0) is 129 Å². The molecule has 14 aliphatic rings. The maximum Gasteiger partial charge on any atom is 0.255 e. The Hall–Kier alpha value is -17.1. The Morgan fingerprint density at radius 1 is 0.271 bits per heavy atom. The highest BCUT2D eigenvalue weighted by Crippen LogP contribution is 2.40. The van der Waals surface area contributed by atoms with E-state index < -0.39 is 472 Å². The van der Waals surface area contributed by atoms with Crippen LogP contribution in [0.25, 0.3) is 0 Å². The Kier molecular flexibility index (Phi) is 14.4. The lowest BCUT2D eigenvalue weighted by atomic mass is 10.0. The average Bonchev–Trinajstić information content (AvgIpc) is 1.57. The second-order valence-corrected chi connectivity index (χ2v) is 28.7. The van der Waals surface area contributed by atoms with Gasteiger partial charge in [0.25, 0.3) is 41.4 Å². The first kappa shape index (κ1) is 51.7. The predicted molar refractivity (Wildman–Crippen MR) is 468 cm³/mol. The number of anilines is 7. The Morgan fingerprint density at radius 3 is 0.950 bits per heavy atom. The maximum absolute atomic E-state index is 14.4. The molecule has 0 aliphatic carbocycles. The molecule has 21 amide bonds. The fraction of sp³-hybridized carbons (Fsp3) is 0.308. The van der Waals surface area contributed by atoms with E-state index in [0.717, 1.165) is 24.3 Å². The van der Waals surface area contributed by atoms with E-state index >= 15 is 0 Å². The van der Waals surface area contributed by atoms with Gasteiger partial charge in [-0.1, -0.05) is 0 Å². The summed E-state index contributed by atoms with van der Waals surface area (Å²) in [6, 6.07) is -27.1. The molecular weight excluding hydrogens is 1860 g/mol. The van der Waals surface area contributed by atoms with E-state index in [2.05, 4.69) is 0 Å². The smallest absolute Gasteiger partial charge is 0.255 e. The molecule has 0 radical (unpaired) electrons. The molecule has 0 bridgehead atoms. The highest BCUT2D eigenvalue weighted by atomic mass is 19.2. The molecule has 0 saturated carbocycles. The standard InChI is InChI=1S/7C13H12FN3O3/c7*14-6-3-7-8(9(15)4-6)5-17(13(7)20)10-1-2-11(18)16-12(10)19/h7*3-4,10H,1-2,5,15H2,(H,16,18,19)/i2*1D2,2D2,3D,4D,5D2,10D;1D2,3D,4D,5D2,10D;1D2,2D2,3D,4D,10D;1D2,2D2,5D2,10D;5D2,10D;2D2,10D/hD6. The van der Waals surface area contributed by atoms with Crippen LogP contribution < -0.4 is 77.3 Å². The average molecular weight is 1990 g/mol. The summed E-state index contributed by atoms with van der Waals surface area (Å²) in [6.07, 6.45) is -37.3. The Morgan fingerprint density at radius 2 is 0.536 bits per heavy atom. The third-order valence-electron chi connectivity index (χ3n) is 19.8. The van der Waals surface area contributed by atoms with E-state index in [4.69, 9.17) is 98.8 Å². The van der Waals surface area contributed by atoms with Crippen LogP contribution in [0.15, 0.2) is 84.7 Å². The van der Waals surface area contributed by atoms with Crippen LogP contribution in [0.4, 0.5) is 70.5 Å². The summed E-state index contributed by atoms with van der Waals surface area (Å²) in [4.78, 5) is 258. The van der Waals surface area contributed by atoms with Gasteiger partial charge in [0, 0.05) is 235 Å². The van der Waals surface area contributed by atoms with Gasteiger partial charge in [-0.15, -0.1) is 0 Å². The van der Waals surface area contributed by atoms with Crippen molar-refractivity contribution in [1.82, 2.24) is 71.5 Å². The van der Waals surface area contributed by atoms with Crippen molar-refractivity contribution in [2.45, 2.75) is 177 Å². The van der Waals surface area contributed by atoms with E-state index in [1.807, 2.05) is 5.32 Å². The minimum Gasteiger partial charge on any atom is -0.398 e. The molecule has 7 fully saturated rings. The van der Waals surface area contributed by atoms with Gasteiger partial charge >= 0.3 is 0 Å². The number of nitrogens with zero attached hydrogens (tertiary/aromatic N) is 7. The molecule has 7 saturated heterocycles. The summed E-state index contributed by atoms with van der Waals surface area (Å²) in [5, 5.41) is 6.98. The van der Waals surface area contributed by atoms with Crippen LogP contribution in [0.5, 0.6) is 0 Å². The molecule has 21 rings (SSSR count). The van der Waals surface area contributed by atoms with Crippen LogP contribution in [0, 0.1) is 40.7 Å². The molecule has 21 N–H and O–H groups in total. The normalized spacial score (nSPS) is 36.4. The number of hydrogen-bond donors (Lipinski definition) is 14. The van der Waals surface area contributed by atoms with Crippen LogP contribution in [0.3, 0.4) is 0 Å². The second kappa shape index (κ2) is 39.0. The summed E-state index contributed by atoms with van der Waals surface area (Å²) < 4.78 is 499. The van der Waals surface area contributed by atoms with Gasteiger partial charge in [-0.2, -0.15) is 0 Å². The first-order chi connectivity index (χ1) is 86.3. The lowest BCUT2D eigenvalue weighted by molar-refractivity contribution is -0.138. The van der Waals surface area contributed by atoms with E-state index in [0.29, 0.717) is 21.9 Å². The molecular formula is C91H84F7N21O21.